The molecule has 0 unspecified atom stereocenters. The predicted octanol–water partition coefficient (Wildman–Crippen LogP) is 6.31. The van der Waals surface area contributed by atoms with Crippen molar-refractivity contribution in [3.8, 4) is 11.8 Å². The first-order valence-electron chi connectivity index (χ1n) is 10.9. The number of benzene rings is 2. The SMILES string of the molecule is COc1cc2cc(Br)ccc2[nH]1.COc1cc2cc(Br)ccc2n1C1CC1.OB(O)C1CC1. The van der Waals surface area contributed by atoms with Crippen molar-refractivity contribution in [3.05, 3.63) is 57.5 Å². The molecule has 0 amide bonds. The molecule has 9 heteroatoms. The van der Waals surface area contributed by atoms with E-state index >= 15 is 0 Å². The van der Waals surface area contributed by atoms with Crippen LogP contribution in [0.4, 0.5) is 0 Å². The topological polar surface area (TPSA) is 79.6 Å². The average molecular weight is 578 g/mol. The zero-order chi connectivity index (χ0) is 23.5. The highest BCUT2D eigenvalue weighted by atomic mass is 79.9. The van der Waals surface area contributed by atoms with E-state index < -0.39 is 7.12 Å². The van der Waals surface area contributed by atoms with Crippen molar-refractivity contribution in [3.63, 3.8) is 0 Å². The van der Waals surface area contributed by atoms with E-state index in [-0.39, 0.29) is 5.82 Å². The number of aromatic nitrogens is 2. The van der Waals surface area contributed by atoms with Crippen molar-refractivity contribution >= 4 is 60.8 Å². The zero-order valence-electron chi connectivity index (χ0n) is 18.6. The number of hydrogen-bond donors (Lipinski definition) is 3. The Bertz CT molecular complexity index is 1230. The lowest BCUT2D eigenvalue weighted by Gasteiger charge is -2.07. The van der Waals surface area contributed by atoms with E-state index in [2.05, 4.69) is 65.7 Å². The number of nitrogens with one attached hydrogen (secondary N) is 1. The third kappa shape index (κ3) is 6.15. The molecule has 0 saturated heterocycles. The first-order chi connectivity index (χ1) is 15.9. The van der Waals surface area contributed by atoms with Crippen LogP contribution in [0.25, 0.3) is 21.8 Å². The molecule has 2 saturated carbocycles. The second-order valence-corrected chi connectivity index (χ2v) is 10.1. The highest BCUT2D eigenvalue weighted by Gasteiger charge is 2.33. The van der Waals surface area contributed by atoms with Gasteiger partial charge < -0.3 is 29.1 Å². The average Bonchev–Trinajstić information content (AvgIpc) is 3.73. The van der Waals surface area contributed by atoms with Gasteiger partial charge in [0.05, 0.1) is 19.7 Å². The van der Waals surface area contributed by atoms with Crippen LogP contribution in [0, 0.1) is 0 Å². The Hall–Kier alpha value is -1.94. The van der Waals surface area contributed by atoms with E-state index in [9.17, 15) is 0 Å². The quantitative estimate of drug-likeness (QED) is 0.248. The lowest BCUT2D eigenvalue weighted by atomic mass is 9.84. The highest BCUT2D eigenvalue weighted by Crippen LogP contribution is 2.42. The third-order valence-corrected chi connectivity index (χ3v) is 6.69. The van der Waals surface area contributed by atoms with Crippen LogP contribution in [-0.4, -0.2) is 40.9 Å². The lowest BCUT2D eigenvalue weighted by molar-refractivity contribution is 0.376. The molecule has 0 aliphatic heterocycles. The zero-order valence-corrected chi connectivity index (χ0v) is 21.8. The maximum atomic E-state index is 8.25. The normalized spacial score (nSPS) is 14.8. The van der Waals surface area contributed by atoms with Gasteiger partial charge in [0.25, 0.3) is 0 Å². The smallest absolute Gasteiger partial charge is 0.454 e. The first-order valence-corrected chi connectivity index (χ1v) is 12.5. The Kier molecular flexibility index (Phi) is 7.74. The minimum atomic E-state index is -1.04. The standard InChI is InChI=1S/C12H12BrNO.C9H8BrNO.C3H7BO2/c1-15-12-7-8-6-9(13)2-5-11(8)14(12)10-3-4-10;1-12-9-5-6-4-7(10)2-3-8(6)11-9;5-4(6)3-1-2-3/h2,5-7,10H,3-4H2,1H3;2-5,11H,1H3;3,5-6H,1-2H2. The van der Waals surface area contributed by atoms with Crippen LogP contribution in [0.1, 0.15) is 31.7 Å². The fraction of sp³-hybridized carbons (Fsp3) is 0.333. The van der Waals surface area contributed by atoms with Crippen molar-refractivity contribution in [1.82, 2.24) is 9.55 Å². The molecule has 0 bridgehead atoms. The first kappa shape index (κ1) is 24.2. The van der Waals surface area contributed by atoms with Crippen LogP contribution in [-0.2, 0) is 0 Å². The summed E-state index contributed by atoms with van der Waals surface area (Å²) in [4.78, 5) is 3.13. The molecule has 0 radical (unpaired) electrons. The van der Waals surface area contributed by atoms with E-state index in [4.69, 9.17) is 19.5 Å². The molecule has 3 N–H and O–H groups in total. The van der Waals surface area contributed by atoms with E-state index in [1.807, 2.05) is 24.3 Å². The molecule has 2 fully saturated rings. The van der Waals surface area contributed by atoms with E-state index in [1.165, 1.54) is 23.7 Å². The Balaban J connectivity index is 0.000000129. The number of hydrogen-bond acceptors (Lipinski definition) is 4. The summed E-state index contributed by atoms with van der Waals surface area (Å²) in [6.45, 7) is 0. The minimum absolute atomic E-state index is 0.213. The molecule has 33 heavy (non-hydrogen) atoms. The predicted molar refractivity (Wildman–Crippen MR) is 140 cm³/mol. The molecular formula is C24H27BBr2N2O4. The maximum absolute atomic E-state index is 8.25. The molecule has 0 spiro atoms. The van der Waals surface area contributed by atoms with E-state index in [0.29, 0.717) is 6.04 Å². The number of methoxy groups -OCH3 is 2. The van der Waals surface area contributed by atoms with Gasteiger partial charge in [-0.15, -0.1) is 0 Å². The number of aromatic amines is 1. The van der Waals surface area contributed by atoms with Gasteiger partial charge in [0.15, 0.2) is 11.8 Å². The van der Waals surface area contributed by atoms with Crippen molar-refractivity contribution in [1.29, 1.82) is 0 Å². The summed E-state index contributed by atoms with van der Waals surface area (Å²) in [6.07, 6.45) is 4.54. The van der Waals surface area contributed by atoms with Crippen LogP contribution >= 0.6 is 31.9 Å². The van der Waals surface area contributed by atoms with Crippen LogP contribution < -0.4 is 9.47 Å². The largest absolute Gasteiger partial charge is 0.482 e. The van der Waals surface area contributed by atoms with Crippen LogP contribution in [0.2, 0.25) is 5.82 Å². The molecule has 0 atom stereocenters. The van der Waals surface area contributed by atoms with E-state index in [0.717, 1.165) is 44.4 Å². The summed E-state index contributed by atoms with van der Waals surface area (Å²) in [5, 5.41) is 18.9. The Labute approximate surface area is 210 Å². The number of nitrogens with zero attached hydrogens (tertiary/aromatic N) is 1. The van der Waals surface area contributed by atoms with Crippen LogP contribution in [0.5, 0.6) is 11.8 Å². The Morgan fingerprint density at radius 2 is 1.55 bits per heavy atom. The van der Waals surface area contributed by atoms with Crippen molar-refractivity contribution in [2.24, 2.45) is 0 Å². The summed E-state index contributed by atoms with van der Waals surface area (Å²) in [5.74, 6) is 1.98. The van der Waals surface area contributed by atoms with Crippen LogP contribution in [0.15, 0.2) is 57.5 Å². The minimum Gasteiger partial charge on any atom is -0.482 e. The van der Waals surface area contributed by atoms with Gasteiger partial charge in [0.1, 0.15) is 0 Å². The van der Waals surface area contributed by atoms with Gasteiger partial charge in [-0.2, -0.15) is 0 Å². The summed E-state index contributed by atoms with van der Waals surface area (Å²) in [6, 6.07) is 17.2. The van der Waals surface area contributed by atoms with Gasteiger partial charge in [-0.25, -0.2) is 0 Å². The molecule has 2 aliphatic carbocycles. The van der Waals surface area contributed by atoms with Crippen LogP contribution in [0.3, 0.4) is 0 Å². The summed E-state index contributed by atoms with van der Waals surface area (Å²) in [7, 11) is 2.35. The molecule has 6 rings (SSSR count). The molecule has 2 heterocycles. The number of ether oxygens (including phenoxy) is 2. The van der Waals surface area contributed by atoms with Gasteiger partial charge in [-0.1, -0.05) is 44.7 Å². The Morgan fingerprint density at radius 3 is 2.09 bits per heavy atom. The fourth-order valence-corrected chi connectivity index (χ4v) is 4.39. The second kappa shape index (κ2) is 10.6. The maximum Gasteiger partial charge on any atom is 0.454 e. The highest BCUT2D eigenvalue weighted by molar-refractivity contribution is 9.10. The number of H-pyrrole nitrogens is 1. The fourth-order valence-electron chi connectivity index (χ4n) is 3.63. The van der Waals surface area contributed by atoms with Gasteiger partial charge in [-0.05, 0) is 55.1 Å². The van der Waals surface area contributed by atoms with Crippen molar-refractivity contribution < 1.29 is 19.5 Å². The second-order valence-electron chi connectivity index (χ2n) is 8.31. The van der Waals surface area contributed by atoms with Gasteiger partial charge in [-0.3, -0.25) is 0 Å². The number of halogens is 2. The molecule has 2 aromatic heterocycles. The van der Waals surface area contributed by atoms with Gasteiger partial charge in [0.2, 0.25) is 0 Å². The molecule has 174 valence electrons. The molecule has 4 aromatic rings. The van der Waals surface area contributed by atoms with Gasteiger partial charge >= 0.3 is 7.12 Å². The van der Waals surface area contributed by atoms with E-state index in [1.54, 1.807) is 14.2 Å². The number of fused-ring (bicyclic) bond motifs is 2. The Morgan fingerprint density at radius 1 is 0.879 bits per heavy atom. The summed E-state index contributed by atoms with van der Waals surface area (Å²) < 4.78 is 15.0. The lowest BCUT2D eigenvalue weighted by Crippen LogP contribution is -2.09. The van der Waals surface area contributed by atoms with Crippen molar-refractivity contribution in [2.45, 2.75) is 37.5 Å². The summed E-state index contributed by atoms with van der Waals surface area (Å²) in [5.41, 5.74) is 2.37. The monoisotopic (exact) mass is 576 g/mol. The molecular weight excluding hydrogens is 551 g/mol. The number of rotatable bonds is 4. The van der Waals surface area contributed by atoms with Crippen molar-refractivity contribution in [2.75, 3.05) is 14.2 Å². The van der Waals surface area contributed by atoms with Gasteiger partial charge in [0, 0.05) is 43.4 Å². The molecule has 2 aromatic carbocycles. The molecule has 6 nitrogen and oxygen atoms in total. The third-order valence-electron chi connectivity index (χ3n) is 5.71. The molecule has 2 aliphatic rings. The summed E-state index contributed by atoms with van der Waals surface area (Å²) >= 11 is 6.90.